The highest BCUT2D eigenvalue weighted by Gasteiger charge is 2.25. The maximum Gasteiger partial charge on any atom is 0.333 e. The highest BCUT2D eigenvalue weighted by Crippen LogP contribution is 2.34. The predicted molar refractivity (Wildman–Crippen MR) is 66.6 cm³/mol. The molecule has 8 nitrogen and oxygen atoms in total. The van der Waals surface area contributed by atoms with Crippen LogP contribution in [-0.4, -0.2) is 42.9 Å². The average molecular weight is 270 g/mol. The number of nitrogens with zero attached hydrogens (tertiary/aromatic N) is 1. The van der Waals surface area contributed by atoms with Crippen LogP contribution in [0, 0.1) is 10.1 Å². The Hall–Kier alpha value is -2.35. The lowest BCUT2D eigenvalue weighted by Crippen LogP contribution is -2.33. The molecule has 1 aromatic carbocycles. The Morgan fingerprint density at radius 2 is 2.21 bits per heavy atom. The van der Waals surface area contributed by atoms with E-state index in [1.165, 1.54) is 32.4 Å². The van der Waals surface area contributed by atoms with Gasteiger partial charge in [-0.1, -0.05) is 6.07 Å². The van der Waals surface area contributed by atoms with Crippen molar-refractivity contribution >= 4 is 17.3 Å². The number of nitro groups is 1. The van der Waals surface area contributed by atoms with Crippen molar-refractivity contribution in [2.75, 3.05) is 26.1 Å². The molecule has 104 valence electrons. The van der Waals surface area contributed by atoms with Crippen LogP contribution in [0.25, 0.3) is 0 Å². The minimum absolute atomic E-state index is 0.0524. The van der Waals surface area contributed by atoms with E-state index in [0.29, 0.717) is 0 Å². The van der Waals surface area contributed by atoms with Gasteiger partial charge in [0.05, 0.1) is 18.6 Å². The fourth-order valence-corrected chi connectivity index (χ4v) is 1.52. The van der Waals surface area contributed by atoms with Gasteiger partial charge in [-0.05, 0) is 12.1 Å². The summed E-state index contributed by atoms with van der Waals surface area (Å²) < 4.78 is 9.64. The van der Waals surface area contributed by atoms with Crippen LogP contribution in [0.2, 0.25) is 0 Å². The number of carboxylic acids is 1. The van der Waals surface area contributed by atoms with Gasteiger partial charge in [-0.3, -0.25) is 10.1 Å². The standard InChI is InChI=1S/C11H14N2O6/c1-18-6-8(11(14)15)12-7-4-3-5-9(19-2)10(7)13(16)17/h3-5,8,12H,6H2,1-2H3,(H,14,15). The van der Waals surface area contributed by atoms with E-state index in [4.69, 9.17) is 14.6 Å². The predicted octanol–water partition coefficient (Wildman–Crippen LogP) is 1.11. The molecule has 1 rings (SSSR count). The first-order valence-corrected chi connectivity index (χ1v) is 5.31. The van der Waals surface area contributed by atoms with Gasteiger partial charge in [-0.25, -0.2) is 4.79 Å². The van der Waals surface area contributed by atoms with Crippen LogP contribution in [0.15, 0.2) is 18.2 Å². The fourth-order valence-electron chi connectivity index (χ4n) is 1.52. The molecule has 1 atom stereocenters. The summed E-state index contributed by atoms with van der Waals surface area (Å²) >= 11 is 0. The van der Waals surface area contributed by atoms with Crippen molar-refractivity contribution in [2.45, 2.75) is 6.04 Å². The van der Waals surface area contributed by atoms with Gasteiger partial charge >= 0.3 is 11.7 Å². The molecule has 2 N–H and O–H groups in total. The fraction of sp³-hybridized carbons (Fsp3) is 0.364. The van der Waals surface area contributed by atoms with E-state index in [2.05, 4.69) is 5.32 Å². The van der Waals surface area contributed by atoms with Crippen molar-refractivity contribution in [1.82, 2.24) is 0 Å². The summed E-state index contributed by atoms with van der Waals surface area (Å²) in [5.41, 5.74) is -0.249. The number of anilines is 1. The zero-order valence-corrected chi connectivity index (χ0v) is 10.5. The third-order valence-electron chi connectivity index (χ3n) is 2.36. The average Bonchev–Trinajstić information content (AvgIpc) is 2.37. The van der Waals surface area contributed by atoms with Gasteiger partial charge in [0.1, 0.15) is 11.7 Å². The lowest BCUT2D eigenvalue weighted by atomic mass is 10.2. The number of carbonyl (C=O) groups is 1. The first-order chi connectivity index (χ1) is 9.01. The molecule has 0 aliphatic carbocycles. The molecule has 0 bridgehead atoms. The normalized spacial score (nSPS) is 11.7. The number of carboxylic acid groups (broad SMARTS) is 1. The molecule has 0 aliphatic heterocycles. The zero-order chi connectivity index (χ0) is 14.4. The summed E-state index contributed by atoms with van der Waals surface area (Å²) in [5.74, 6) is -1.12. The van der Waals surface area contributed by atoms with Crippen molar-refractivity contribution in [2.24, 2.45) is 0 Å². The number of para-hydroxylation sites is 1. The number of rotatable bonds is 7. The molecule has 0 radical (unpaired) electrons. The number of nitrogens with one attached hydrogen (secondary N) is 1. The van der Waals surface area contributed by atoms with Crippen LogP contribution in [-0.2, 0) is 9.53 Å². The van der Waals surface area contributed by atoms with Crippen molar-refractivity contribution in [3.05, 3.63) is 28.3 Å². The van der Waals surface area contributed by atoms with Crippen LogP contribution in [0.1, 0.15) is 0 Å². The van der Waals surface area contributed by atoms with E-state index >= 15 is 0 Å². The highest BCUT2D eigenvalue weighted by molar-refractivity contribution is 5.80. The van der Waals surface area contributed by atoms with E-state index < -0.39 is 16.9 Å². The molecule has 0 spiro atoms. The van der Waals surface area contributed by atoms with Crippen LogP contribution in [0.3, 0.4) is 0 Å². The van der Waals surface area contributed by atoms with E-state index in [9.17, 15) is 14.9 Å². The molecule has 0 aromatic heterocycles. The Labute approximate surface area is 109 Å². The number of benzene rings is 1. The Bertz CT molecular complexity index is 476. The Morgan fingerprint density at radius 1 is 1.53 bits per heavy atom. The van der Waals surface area contributed by atoms with E-state index in [1.807, 2.05) is 0 Å². The summed E-state index contributed by atoms with van der Waals surface area (Å²) in [7, 11) is 2.65. The molecular weight excluding hydrogens is 256 g/mol. The zero-order valence-electron chi connectivity index (χ0n) is 10.5. The quantitative estimate of drug-likeness (QED) is 0.564. The van der Waals surface area contributed by atoms with Gasteiger partial charge in [0.2, 0.25) is 0 Å². The summed E-state index contributed by atoms with van der Waals surface area (Å²) in [6.45, 7) is -0.121. The number of methoxy groups -OCH3 is 2. The lowest BCUT2D eigenvalue weighted by Gasteiger charge is -2.15. The molecule has 0 saturated carbocycles. The van der Waals surface area contributed by atoms with Gasteiger partial charge in [-0.15, -0.1) is 0 Å². The van der Waals surface area contributed by atoms with Crippen LogP contribution in [0.5, 0.6) is 5.75 Å². The van der Waals surface area contributed by atoms with Gasteiger partial charge in [0.25, 0.3) is 0 Å². The number of aliphatic carboxylic acids is 1. The Kier molecular flexibility index (Phi) is 5.07. The third-order valence-corrected chi connectivity index (χ3v) is 2.36. The van der Waals surface area contributed by atoms with Crippen LogP contribution in [0.4, 0.5) is 11.4 Å². The molecule has 8 heteroatoms. The molecule has 1 aromatic rings. The number of hydrogen-bond donors (Lipinski definition) is 2. The lowest BCUT2D eigenvalue weighted by molar-refractivity contribution is -0.384. The summed E-state index contributed by atoms with van der Waals surface area (Å²) in [5, 5.41) is 22.6. The first kappa shape index (κ1) is 14.7. The van der Waals surface area contributed by atoms with Crippen LogP contribution >= 0.6 is 0 Å². The summed E-state index contributed by atoms with van der Waals surface area (Å²) in [6, 6.07) is 3.28. The molecular formula is C11H14N2O6. The van der Waals surface area contributed by atoms with E-state index in [-0.39, 0.29) is 23.7 Å². The number of nitro benzene ring substituents is 1. The smallest absolute Gasteiger partial charge is 0.333 e. The molecule has 0 fully saturated rings. The second kappa shape index (κ2) is 6.55. The Morgan fingerprint density at radius 3 is 2.68 bits per heavy atom. The summed E-state index contributed by atoms with van der Waals surface area (Å²) in [4.78, 5) is 21.4. The maximum atomic E-state index is 11.0. The molecule has 1 unspecified atom stereocenters. The van der Waals surface area contributed by atoms with Crippen molar-refractivity contribution in [3.63, 3.8) is 0 Å². The molecule has 19 heavy (non-hydrogen) atoms. The summed E-state index contributed by atoms with van der Waals surface area (Å²) in [6.07, 6.45) is 0. The topological polar surface area (TPSA) is 111 Å². The van der Waals surface area contributed by atoms with Gasteiger partial charge in [0.15, 0.2) is 5.75 Å². The highest BCUT2D eigenvalue weighted by atomic mass is 16.6. The molecule has 0 heterocycles. The van der Waals surface area contributed by atoms with Gasteiger partial charge < -0.3 is 19.9 Å². The largest absolute Gasteiger partial charge is 0.490 e. The second-order valence-corrected chi connectivity index (χ2v) is 3.60. The minimum atomic E-state index is -1.17. The van der Waals surface area contributed by atoms with E-state index in [1.54, 1.807) is 0 Å². The third kappa shape index (κ3) is 3.55. The van der Waals surface area contributed by atoms with Crippen LogP contribution < -0.4 is 10.1 Å². The first-order valence-electron chi connectivity index (χ1n) is 5.31. The van der Waals surface area contributed by atoms with Crippen molar-refractivity contribution in [1.29, 1.82) is 0 Å². The number of hydrogen-bond acceptors (Lipinski definition) is 6. The van der Waals surface area contributed by atoms with Gasteiger partial charge in [0, 0.05) is 7.11 Å². The second-order valence-electron chi connectivity index (χ2n) is 3.60. The Balaban J connectivity index is 3.12. The molecule has 0 amide bonds. The van der Waals surface area contributed by atoms with Crippen molar-refractivity contribution < 1.29 is 24.3 Å². The van der Waals surface area contributed by atoms with E-state index in [0.717, 1.165) is 0 Å². The maximum absolute atomic E-state index is 11.0. The monoisotopic (exact) mass is 270 g/mol. The SMILES string of the molecule is COCC(Nc1cccc(OC)c1[N+](=O)[O-])C(=O)O. The number of ether oxygens (including phenoxy) is 2. The minimum Gasteiger partial charge on any atom is -0.490 e. The molecule has 0 aliphatic rings. The molecule has 0 saturated heterocycles. The van der Waals surface area contributed by atoms with Crippen molar-refractivity contribution in [3.8, 4) is 5.75 Å². The van der Waals surface area contributed by atoms with Gasteiger partial charge in [-0.2, -0.15) is 0 Å².